The van der Waals surface area contributed by atoms with Crippen LogP contribution in [0.3, 0.4) is 0 Å². The highest BCUT2D eigenvalue weighted by Crippen LogP contribution is 2.30. The van der Waals surface area contributed by atoms with E-state index in [1.54, 1.807) is 7.11 Å². The van der Waals surface area contributed by atoms with E-state index in [2.05, 4.69) is 26.3 Å². The van der Waals surface area contributed by atoms with E-state index in [1.165, 1.54) is 0 Å². The van der Waals surface area contributed by atoms with Gasteiger partial charge in [-0.3, -0.25) is 4.99 Å². The topological polar surface area (TPSA) is 72.7 Å². The molecule has 0 fully saturated rings. The molecule has 7 heteroatoms. The second-order valence-corrected chi connectivity index (χ2v) is 6.48. The van der Waals surface area contributed by atoms with Crippen molar-refractivity contribution in [3.05, 3.63) is 48.3 Å². The molecule has 0 spiro atoms. The van der Waals surface area contributed by atoms with Gasteiger partial charge in [-0.1, -0.05) is 12.1 Å². The Morgan fingerprint density at radius 2 is 1.97 bits per heavy atom. The van der Waals surface area contributed by atoms with Crippen LogP contribution in [0, 0.1) is 6.92 Å². The van der Waals surface area contributed by atoms with Crippen LogP contribution in [0.5, 0.6) is 11.5 Å². The second-order valence-electron chi connectivity index (χ2n) is 6.48. The smallest absolute Gasteiger partial charge is 0.195 e. The summed E-state index contributed by atoms with van der Waals surface area (Å²) in [5.74, 6) is 3.13. The first-order valence-electron chi connectivity index (χ1n) is 9.94. The summed E-state index contributed by atoms with van der Waals surface area (Å²) in [7, 11) is 1.64. The zero-order valence-corrected chi connectivity index (χ0v) is 17.5. The number of ether oxygens (including phenoxy) is 2. The molecule has 2 N–H and O–H groups in total. The predicted octanol–water partition coefficient (Wildman–Crippen LogP) is 3.83. The molecule has 29 heavy (non-hydrogen) atoms. The lowest BCUT2D eigenvalue weighted by Gasteiger charge is -2.14. The minimum atomic E-state index is 0.593. The van der Waals surface area contributed by atoms with Crippen LogP contribution >= 0.6 is 0 Å². The lowest BCUT2D eigenvalue weighted by molar-refractivity contribution is 0.311. The summed E-state index contributed by atoms with van der Waals surface area (Å²) >= 11 is 0. The van der Waals surface area contributed by atoms with Crippen molar-refractivity contribution in [1.29, 1.82) is 0 Å². The molecule has 0 aliphatic rings. The third-order valence-corrected chi connectivity index (χ3v) is 4.51. The van der Waals surface area contributed by atoms with Crippen LogP contribution in [0.15, 0.2) is 47.5 Å². The first kappa shape index (κ1) is 20.5. The summed E-state index contributed by atoms with van der Waals surface area (Å²) < 4.78 is 13.2. The Kier molecular flexibility index (Phi) is 6.94. The number of nitrogens with zero attached hydrogens (tertiary/aromatic N) is 3. The van der Waals surface area contributed by atoms with Crippen molar-refractivity contribution in [3.63, 3.8) is 0 Å². The van der Waals surface area contributed by atoms with Crippen molar-refractivity contribution in [2.75, 3.05) is 32.1 Å². The van der Waals surface area contributed by atoms with Gasteiger partial charge in [-0.15, -0.1) is 0 Å². The third-order valence-electron chi connectivity index (χ3n) is 4.51. The summed E-state index contributed by atoms with van der Waals surface area (Å²) in [5, 5.41) is 6.62. The fraction of sp³-hybridized carbons (Fsp3) is 0.364. The molecular formula is C22H29N5O2. The molecule has 7 nitrogen and oxygen atoms in total. The van der Waals surface area contributed by atoms with Crippen molar-refractivity contribution in [2.24, 2.45) is 4.99 Å². The number of guanidine groups is 1. The minimum absolute atomic E-state index is 0.593. The van der Waals surface area contributed by atoms with E-state index in [1.807, 2.05) is 57.2 Å². The Morgan fingerprint density at radius 3 is 2.72 bits per heavy atom. The summed E-state index contributed by atoms with van der Waals surface area (Å²) in [6, 6.07) is 13.9. The minimum Gasteiger partial charge on any atom is -0.493 e. The normalized spacial score (nSPS) is 11.5. The first-order chi connectivity index (χ1) is 14.2. The molecule has 0 saturated heterocycles. The van der Waals surface area contributed by atoms with Crippen LogP contribution in [0.2, 0.25) is 0 Å². The summed E-state index contributed by atoms with van der Waals surface area (Å²) in [5.41, 5.74) is 3.03. The van der Waals surface area contributed by atoms with Gasteiger partial charge in [0.05, 0.1) is 31.3 Å². The number of aryl methyl sites for hydroxylation is 1. The molecule has 3 aromatic rings. The Labute approximate surface area is 171 Å². The van der Waals surface area contributed by atoms with E-state index < -0.39 is 0 Å². The molecule has 0 unspecified atom stereocenters. The fourth-order valence-corrected chi connectivity index (χ4v) is 3.20. The molecule has 1 heterocycles. The Bertz CT molecular complexity index is 980. The fourth-order valence-electron chi connectivity index (χ4n) is 3.20. The SMILES string of the molecule is CCNC(=NCCn1c(C)nc2ccccc21)Nc1ccc(OCC)c(OC)c1. The van der Waals surface area contributed by atoms with Crippen LogP contribution in [0.25, 0.3) is 11.0 Å². The van der Waals surface area contributed by atoms with Gasteiger partial charge >= 0.3 is 0 Å². The van der Waals surface area contributed by atoms with Gasteiger partial charge in [0, 0.05) is 24.8 Å². The van der Waals surface area contributed by atoms with Crippen LogP contribution in [0.4, 0.5) is 5.69 Å². The number of nitrogens with one attached hydrogen (secondary N) is 2. The van der Waals surface area contributed by atoms with Gasteiger partial charge < -0.3 is 24.7 Å². The Hall–Kier alpha value is -3.22. The maximum Gasteiger partial charge on any atom is 0.195 e. The number of fused-ring (bicyclic) bond motifs is 1. The standard InChI is InChI=1S/C22H29N5O2/c1-5-23-22(26-17-11-12-20(29-6-2)21(15-17)28-4)24-13-14-27-16(3)25-18-9-7-8-10-19(18)27/h7-12,15H,5-6,13-14H2,1-4H3,(H2,23,24,26). The van der Waals surface area contributed by atoms with Gasteiger partial charge in [0.2, 0.25) is 0 Å². The average Bonchev–Trinajstić information content (AvgIpc) is 3.04. The lowest BCUT2D eigenvalue weighted by Crippen LogP contribution is -2.31. The molecule has 0 amide bonds. The largest absolute Gasteiger partial charge is 0.493 e. The number of imidazole rings is 1. The zero-order chi connectivity index (χ0) is 20.6. The van der Waals surface area contributed by atoms with E-state index in [9.17, 15) is 0 Å². The van der Waals surface area contributed by atoms with E-state index >= 15 is 0 Å². The van der Waals surface area contributed by atoms with E-state index in [4.69, 9.17) is 14.5 Å². The number of hydrogen-bond acceptors (Lipinski definition) is 4. The number of anilines is 1. The summed E-state index contributed by atoms with van der Waals surface area (Å²) in [6.45, 7) is 8.78. The van der Waals surface area contributed by atoms with Crippen molar-refractivity contribution < 1.29 is 9.47 Å². The number of para-hydroxylation sites is 2. The molecule has 0 aliphatic heterocycles. The van der Waals surface area contributed by atoms with Crippen molar-refractivity contribution in [1.82, 2.24) is 14.9 Å². The molecule has 0 aliphatic carbocycles. The van der Waals surface area contributed by atoms with Crippen LogP contribution in [-0.2, 0) is 6.54 Å². The van der Waals surface area contributed by atoms with E-state index in [-0.39, 0.29) is 0 Å². The molecule has 0 atom stereocenters. The van der Waals surface area contributed by atoms with Gasteiger partial charge in [0.15, 0.2) is 17.5 Å². The summed E-state index contributed by atoms with van der Waals surface area (Å²) in [4.78, 5) is 9.33. The number of aliphatic imine (C=N–C) groups is 1. The molecule has 0 bridgehead atoms. The Balaban J connectivity index is 1.72. The Morgan fingerprint density at radius 1 is 1.14 bits per heavy atom. The highest BCUT2D eigenvalue weighted by molar-refractivity contribution is 5.93. The van der Waals surface area contributed by atoms with Crippen LogP contribution in [0.1, 0.15) is 19.7 Å². The number of benzene rings is 2. The van der Waals surface area contributed by atoms with Gasteiger partial charge in [0.25, 0.3) is 0 Å². The molecule has 1 aromatic heterocycles. The maximum absolute atomic E-state index is 5.58. The zero-order valence-electron chi connectivity index (χ0n) is 17.5. The van der Waals surface area contributed by atoms with Crippen LogP contribution < -0.4 is 20.1 Å². The summed E-state index contributed by atoms with van der Waals surface area (Å²) in [6.07, 6.45) is 0. The molecule has 154 valence electrons. The lowest BCUT2D eigenvalue weighted by atomic mass is 10.2. The number of hydrogen-bond donors (Lipinski definition) is 2. The van der Waals surface area contributed by atoms with Crippen LogP contribution in [-0.4, -0.2) is 42.3 Å². The molecule has 0 radical (unpaired) electrons. The number of aromatic nitrogens is 2. The average molecular weight is 396 g/mol. The molecule has 2 aromatic carbocycles. The van der Waals surface area contributed by atoms with Gasteiger partial charge in [-0.2, -0.15) is 0 Å². The number of rotatable bonds is 8. The van der Waals surface area contributed by atoms with Crippen molar-refractivity contribution in [2.45, 2.75) is 27.3 Å². The van der Waals surface area contributed by atoms with E-state index in [0.29, 0.717) is 18.9 Å². The molecule has 0 saturated carbocycles. The van der Waals surface area contributed by atoms with Gasteiger partial charge in [-0.25, -0.2) is 4.98 Å². The predicted molar refractivity (Wildman–Crippen MR) is 118 cm³/mol. The van der Waals surface area contributed by atoms with Crippen molar-refractivity contribution >= 4 is 22.7 Å². The maximum atomic E-state index is 5.58. The third kappa shape index (κ3) is 4.99. The highest BCUT2D eigenvalue weighted by Gasteiger charge is 2.08. The van der Waals surface area contributed by atoms with Gasteiger partial charge in [0.1, 0.15) is 5.82 Å². The molecule has 3 rings (SSSR count). The second kappa shape index (κ2) is 9.82. The van der Waals surface area contributed by atoms with Gasteiger partial charge in [-0.05, 0) is 45.0 Å². The highest BCUT2D eigenvalue weighted by atomic mass is 16.5. The molecular weight excluding hydrogens is 366 g/mol. The quantitative estimate of drug-likeness (QED) is 0.448. The van der Waals surface area contributed by atoms with Crippen molar-refractivity contribution in [3.8, 4) is 11.5 Å². The monoisotopic (exact) mass is 395 g/mol. The van der Waals surface area contributed by atoms with E-state index in [0.717, 1.165) is 47.3 Å². The first-order valence-corrected chi connectivity index (χ1v) is 9.94. The number of methoxy groups -OCH3 is 1.